The summed E-state index contributed by atoms with van der Waals surface area (Å²) in [6.45, 7) is 6.01. The molecule has 0 amide bonds. The Morgan fingerprint density at radius 3 is 2.68 bits per heavy atom. The highest BCUT2D eigenvalue weighted by atomic mass is 32.1. The second-order valence-corrected chi connectivity index (χ2v) is 5.90. The molecular formula is C13H15N3O2S. The summed E-state index contributed by atoms with van der Waals surface area (Å²) >= 11 is 1.11. The molecule has 0 bridgehead atoms. The predicted molar refractivity (Wildman–Crippen MR) is 72.8 cm³/mol. The number of ether oxygens (including phenoxy) is 1. The van der Waals surface area contributed by atoms with Gasteiger partial charge in [-0.25, -0.2) is 0 Å². The van der Waals surface area contributed by atoms with Crippen LogP contribution in [-0.4, -0.2) is 27.5 Å². The lowest BCUT2D eigenvalue weighted by Gasteiger charge is -2.15. The van der Waals surface area contributed by atoms with Crippen molar-refractivity contribution in [1.82, 2.24) is 14.6 Å². The Morgan fingerprint density at radius 2 is 2.05 bits per heavy atom. The number of hydrogen-bond acceptors (Lipinski definition) is 6. The van der Waals surface area contributed by atoms with Gasteiger partial charge < -0.3 is 4.74 Å². The number of hydrogen-bond donors (Lipinski definition) is 0. The van der Waals surface area contributed by atoms with Gasteiger partial charge in [-0.2, -0.15) is 0 Å². The highest BCUT2D eigenvalue weighted by Gasteiger charge is 2.27. The summed E-state index contributed by atoms with van der Waals surface area (Å²) < 4.78 is 8.97. The lowest BCUT2D eigenvalue weighted by atomic mass is 9.90. The first-order valence-corrected chi connectivity index (χ1v) is 6.57. The fourth-order valence-corrected chi connectivity index (χ4v) is 2.45. The average molecular weight is 277 g/mol. The molecule has 2 heterocycles. The maximum absolute atomic E-state index is 12.5. The Balaban J connectivity index is 2.42. The third-order valence-corrected chi connectivity index (χ3v) is 3.34. The molecule has 0 atom stereocenters. The van der Waals surface area contributed by atoms with Crippen molar-refractivity contribution in [3.05, 3.63) is 34.6 Å². The first-order valence-electron chi connectivity index (χ1n) is 5.80. The zero-order valence-corrected chi connectivity index (χ0v) is 12.1. The molecule has 6 heteroatoms. The van der Waals surface area contributed by atoms with Crippen LogP contribution in [0.15, 0.2) is 18.5 Å². The zero-order valence-electron chi connectivity index (χ0n) is 11.3. The van der Waals surface area contributed by atoms with E-state index in [1.807, 2.05) is 20.8 Å². The van der Waals surface area contributed by atoms with E-state index >= 15 is 0 Å². The highest BCUT2D eigenvalue weighted by Crippen LogP contribution is 2.28. The van der Waals surface area contributed by atoms with E-state index in [1.165, 1.54) is 6.20 Å². The highest BCUT2D eigenvalue weighted by molar-refractivity contribution is 7.08. The summed E-state index contributed by atoms with van der Waals surface area (Å²) in [7, 11) is 1.54. The number of ketones is 1. The molecule has 0 aliphatic heterocycles. The zero-order chi connectivity index (χ0) is 14.0. The normalized spacial score (nSPS) is 11.4. The second-order valence-electron chi connectivity index (χ2n) is 5.14. The standard InChI is InChI=1S/C13H15N3O2S/c1-13(2,3)12-11(19-16-15-12)10(17)8-5-9(18-4)7-14-6-8/h5-7H,1-4H3. The van der Waals surface area contributed by atoms with Gasteiger partial charge in [0.2, 0.25) is 5.78 Å². The number of pyridine rings is 1. The fraction of sp³-hybridized carbons (Fsp3) is 0.385. The Morgan fingerprint density at radius 1 is 1.32 bits per heavy atom. The summed E-state index contributed by atoms with van der Waals surface area (Å²) in [5, 5.41) is 4.07. The third-order valence-electron chi connectivity index (χ3n) is 2.62. The van der Waals surface area contributed by atoms with E-state index in [1.54, 1.807) is 19.4 Å². The molecule has 0 radical (unpaired) electrons. The lowest BCUT2D eigenvalue weighted by molar-refractivity contribution is 0.103. The van der Waals surface area contributed by atoms with Crippen LogP contribution in [0.25, 0.3) is 0 Å². The van der Waals surface area contributed by atoms with Gasteiger partial charge in [0.15, 0.2) is 0 Å². The molecule has 0 aromatic carbocycles. The van der Waals surface area contributed by atoms with Crippen LogP contribution in [0.5, 0.6) is 5.75 Å². The second kappa shape index (κ2) is 5.05. The minimum absolute atomic E-state index is 0.119. The molecule has 0 saturated carbocycles. The minimum atomic E-state index is -0.218. The monoisotopic (exact) mass is 277 g/mol. The van der Waals surface area contributed by atoms with Gasteiger partial charge in [-0.1, -0.05) is 25.3 Å². The Kier molecular flexibility index (Phi) is 3.61. The molecule has 0 aliphatic rings. The molecule has 2 aromatic rings. The average Bonchev–Trinajstić information content (AvgIpc) is 2.87. The fourth-order valence-electron chi connectivity index (χ4n) is 1.62. The number of nitrogens with zero attached hydrogens (tertiary/aromatic N) is 3. The van der Waals surface area contributed by atoms with E-state index in [0.717, 1.165) is 11.5 Å². The smallest absolute Gasteiger partial charge is 0.208 e. The number of methoxy groups -OCH3 is 1. The van der Waals surface area contributed by atoms with E-state index in [9.17, 15) is 4.79 Å². The van der Waals surface area contributed by atoms with Crippen LogP contribution in [0.3, 0.4) is 0 Å². The molecular weight excluding hydrogens is 262 g/mol. The summed E-state index contributed by atoms with van der Waals surface area (Å²) in [4.78, 5) is 17.0. The molecule has 2 aromatic heterocycles. The molecule has 100 valence electrons. The SMILES string of the molecule is COc1cncc(C(=O)c2snnc2C(C)(C)C)c1. The summed E-state index contributed by atoms with van der Waals surface area (Å²) in [5.74, 6) is 0.437. The van der Waals surface area contributed by atoms with Crippen LogP contribution < -0.4 is 4.74 Å². The van der Waals surface area contributed by atoms with Crippen molar-refractivity contribution in [3.63, 3.8) is 0 Å². The number of carbonyl (C=O) groups is 1. The van der Waals surface area contributed by atoms with Gasteiger partial charge in [-0.3, -0.25) is 9.78 Å². The van der Waals surface area contributed by atoms with Gasteiger partial charge in [0.1, 0.15) is 10.6 Å². The molecule has 2 rings (SSSR count). The van der Waals surface area contributed by atoms with Crippen LogP contribution in [-0.2, 0) is 5.41 Å². The van der Waals surface area contributed by atoms with Crippen molar-refractivity contribution in [2.75, 3.05) is 7.11 Å². The van der Waals surface area contributed by atoms with Crippen LogP contribution in [0.1, 0.15) is 41.7 Å². The van der Waals surface area contributed by atoms with Crippen LogP contribution in [0.4, 0.5) is 0 Å². The molecule has 0 aliphatic carbocycles. The van der Waals surface area contributed by atoms with E-state index in [4.69, 9.17) is 4.74 Å². The molecule has 0 N–H and O–H groups in total. The largest absolute Gasteiger partial charge is 0.495 e. The summed E-state index contributed by atoms with van der Waals surface area (Å²) in [6.07, 6.45) is 3.09. The van der Waals surface area contributed by atoms with Crippen molar-refractivity contribution < 1.29 is 9.53 Å². The van der Waals surface area contributed by atoms with Gasteiger partial charge in [0.25, 0.3) is 0 Å². The number of rotatable bonds is 3. The minimum Gasteiger partial charge on any atom is -0.495 e. The van der Waals surface area contributed by atoms with Crippen molar-refractivity contribution in [2.45, 2.75) is 26.2 Å². The quantitative estimate of drug-likeness (QED) is 0.806. The van der Waals surface area contributed by atoms with Crippen LogP contribution in [0, 0.1) is 0 Å². The van der Waals surface area contributed by atoms with Gasteiger partial charge in [-0.05, 0) is 17.6 Å². The van der Waals surface area contributed by atoms with E-state index in [-0.39, 0.29) is 11.2 Å². The Bertz CT molecular complexity index is 602. The van der Waals surface area contributed by atoms with Crippen LogP contribution >= 0.6 is 11.5 Å². The van der Waals surface area contributed by atoms with Crippen LogP contribution in [0.2, 0.25) is 0 Å². The molecule has 0 saturated heterocycles. The first-order chi connectivity index (χ1) is 8.93. The van der Waals surface area contributed by atoms with Gasteiger partial charge in [-0.15, -0.1) is 5.10 Å². The Labute approximate surface area is 115 Å². The molecule has 0 spiro atoms. The van der Waals surface area contributed by atoms with E-state index in [0.29, 0.717) is 21.9 Å². The summed E-state index contributed by atoms with van der Waals surface area (Å²) in [5.41, 5.74) is 0.978. The van der Waals surface area contributed by atoms with Gasteiger partial charge in [0, 0.05) is 17.2 Å². The van der Waals surface area contributed by atoms with Gasteiger partial charge >= 0.3 is 0 Å². The maximum Gasteiger partial charge on any atom is 0.208 e. The summed E-state index contributed by atoms with van der Waals surface area (Å²) in [6, 6.07) is 1.67. The molecule has 5 nitrogen and oxygen atoms in total. The number of aromatic nitrogens is 3. The Hall–Kier alpha value is -1.82. The molecule has 19 heavy (non-hydrogen) atoms. The predicted octanol–water partition coefficient (Wildman–Crippen LogP) is 2.47. The number of carbonyl (C=O) groups excluding carboxylic acids is 1. The molecule has 0 unspecified atom stereocenters. The molecule has 0 fully saturated rings. The van der Waals surface area contributed by atoms with Crippen molar-refractivity contribution in [3.8, 4) is 5.75 Å². The van der Waals surface area contributed by atoms with Crippen molar-refractivity contribution in [1.29, 1.82) is 0 Å². The third kappa shape index (κ3) is 2.78. The lowest BCUT2D eigenvalue weighted by Crippen LogP contribution is -2.16. The van der Waals surface area contributed by atoms with E-state index in [2.05, 4.69) is 14.6 Å². The topological polar surface area (TPSA) is 65.0 Å². The maximum atomic E-state index is 12.5. The van der Waals surface area contributed by atoms with Gasteiger partial charge in [0.05, 0.1) is 19.0 Å². The van der Waals surface area contributed by atoms with Crippen molar-refractivity contribution in [2.24, 2.45) is 0 Å². The first kappa shape index (κ1) is 13.6. The van der Waals surface area contributed by atoms with E-state index < -0.39 is 0 Å². The van der Waals surface area contributed by atoms with Crippen molar-refractivity contribution >= 4 is 17.3 Å².